The van der Waals surface area contributed by atoms with Gasteiger partial charge in [0.05, 0.1) is 10.5 Å². The third-order valence-electron chi connectivity index (χ3n) is 4.77. The Bertz CT molecular complexity index is 970. The average molecular weight is 401 g/mol. The second kappa shape index (κ2) is 8.67. The number of rotatable bonds is 6. The topological polar surface area (TPSA) is 89.5 Å². The van der Waals surface area contributed by atoms with Crippen LogP contribution in [0.1, 0.15) is 47.2 Å². The highest BCUT2D eigenvalue weighted by Crippen LogP contribution is 2.21. The number of Topliss-reactive ketones (excluding diaryl/α,β-unsaturated/α-hetero) is 1. The molecule has 0 heterocycles. The molecule has 6 nitrogen and oxygen atoms in total. The zero-order valence-corrected chi connectivity index (χ0v) is 16.5. The number of carbonyl (C=O) groups is 2. The number of esters is 1. The summed E-state index contributed by atoms with van der Waals surface area (Å²) in [6.45, 7) is 1.81. The van der Waals surface area contributed by atoms with E-state index >= 15 is 0 Å². The molecule has 7 heteroatoms. The van der Waals surface area contributed by atoms with Crippen LogP contribution in [-0.2, 0) is 26.1 Å². The van der Waals surface area contributed by atoms with Gasteiger partial charge in [0, 0.05) is 13.0 Å². The summed E-state index contributed by atoms with van der Waals surface area (Å²) in [5, 5.41) is 0. The van der Waals surface area contributed by atoms with Crippen molar-refractivity contribution in [3.63, 3.8) is 0 Å². The fourth-order valence-electron chi connectivity index (χ4n) is 3.14. The van der Waals surface area contributed by atoms with Crippen molar-refractivity contribution in [2.45, 2.75) is 50.2 Å². The molecule has 1 aliphatic rings. The minimum absolute atomic E-state index is 0.0212. The van der Waals surface area contributed by atoms with Gasteiger partial charge in [-0.15, -0.1) is 0 Å². The number of carbonyl (C=O) groups excluding carboxylic acids is 2. The van der Waals surface area contributed by atoms with E-state index in [2.05, 4.69) is 4.72 Å². The lowest BCUT2D eigenvalue weighted by Gasteiger charge is -2.20. The van der Waals surface area contributed by atoms with Crippen LogP contribution in [-0.4, -0.2) is 26.3 Å². The van der Waals surface area contributed by atoms with E-state index in [0.717, 1.165) is 18.4 Å². The first-order valence-corrected chi connectivity index (χ1v) is 10.7. The molecule has 0 unspecified atom stereocenters. The standard InChI is InChI=1S/C21H23NO5S/c1-15-11-12-17(21(24)27-19-10-6-5-9-18(19)23)13-20(15)28(25,26)22-14-16-7-3-2-4-8-16/h2-4,7-8,11-13,19,22H,5-6,9-10,14H2,1H3/t19-/m1/s1. The predicted octanol–water partition coefficient (Wildman–Crippen LogP) is 3.14. The van der Waals surface area contributed by atoms with E-state index in [9.17, 15) is 18.0 Å². The van der Waals surface area contributed by atoms with Crippen molar-refractivity contribution in [2.24, 2.45) is 0 Å². The van der Waals surface area contributed by atoms with Crippen LogP contribution >= 0.6 is 0 Å². The Labute approximate surface area is 165 Å². The lowest BCUT2D eigenvalue weighted by molar-refractivity contribution is -0.129. The van der Waals surface area contributed by atoms with Gasteiger partial charge in [0.25, 0.3) is 0 Å². The summed E-state index contributed by atoms with van der Waals surface area (Å²) in [7, 11) is -3.81. The smallest absolute Gasteiger partial charge is 0.338 e. The van der Waals surface area contributed by atoms with Gasteiger partial charge >= 0.3 is 5.97 Å². The molecule has 3 rings (SSSR count). The highest BCUT2D eigenvalue weighted by atomic mass is 32.2. The molecule has 0 aromatic heterocycles. The summed E-state index contributed by atoms with van der Waals surface area (Å²) in [5.74, 6) is -0.760. The Morgan fingerprint density at radius 3 is 2.61 bits per heavy atom. The molecule has 2 aromatic carbocycles. The summed E-state index contributed by atoms with van der Waals surface area (Å²) < 4.78 is 33.3. The Balaban J connectivity index is 1.76. The van der Waals surface area contributed by atoms with Crippen LogP contribution in [0.25, 0.3) is 0 Å². The van der Waals surface area contributed by atoms with Crippen LogP contribution in [0.15, 0.2) is 53.4 Å². The van der Waals surface area contributed by atoms with Crippen LogP contribution in [0.3, 0.4) is 0 Å². The Kier molecular flexibility index (Phi) is 6.26. The molecule has 0 aliphatic heterocycles. The highest BCUT2D eigenvalue weighted by Gasteiger charge is 2.27. The van der Waals surface area contributed by atoms with E-state index in [1.165, 1.54) is 12.1 Å². The van der Waals surface area contributed by atoms with Gasteiger partial charge in [-0.1, -0.05) is 36.4 Å². The van der Waals surface area contributed by atoms with Gasteiger partial charge in [0.2, 0.25) is 10.0 Å². The normalized spacial score (nSPS) is 17.3. The first kappa shape index (κ1) is 20.2. The fourth-order valence-corrected chi connectivity index (χ4v) is 4.43. The van der Waals surface area contributed by atoms with Crippen molar-refractivity contribution in [1.29, 1.82) is 0 Å². The Morgan fingerprint density at radius 2 is 1.89 bits per heavy atom. The van der Waals surface area contributed by atoms with E-state index in [1.807, 2.05) is 30.3 Å². The van der Waals surface area contributed by atoms with Crippen LogP contribution in [0, 0.1) is 6.92 Å². The summed E-state index contributed by atoms with van der Waals surface area (Å²) in [6.07, 6.45) is 1.83. The van der Waals surface area contributed by atoms with Gasteiger partial charge in [0.1, 0.15) is 0 Å². The van der Waals surface area contributed by atoms with Crippen molar-refractivity contribution in [1.82, 2.24) is 4.72 Å². The molecule has 1 aliphatic carbocycles. The van der Waals surface area contributed by atoms with Gasteiger partial charge in [-0.2, -0.15) is 0 Å². The second-order valence-electron chi connectivity index (χ2n) is 6.90. The average Bonchev–Trinajstić information content (AvgIpc) is 2.69. The largest absolute Gasteiger partial charge is 0.451 e. The Morgan fingerprint density at radius 1 is 1.14 bits per heavy atom. The second-order valence-corrected chi connectivity index (χ2v) is 8.63. The lowest BCUT2D eigenvalue weighted by Crippen LogP contribution is -2.30. The lowest BCUT2D eigenvalue weighted by atomic mass is 9.96. The molecule has 1 atom stereocenters. The predicted molar refractivity (Wildman–Crippen MR) is 104 cm³/mol. The van der Waals surface area contributed by atoms with Crippen LogP contribution in [0.4, 0.5) is 0 Å². The monoisotopic (exact) mass is 401 g/mol. The minimum atomic E-state index is -3.81. The number of benzene rings is 2. The third kappa shape index (κ3) is 4.85. The van der Waals surface area contributed by atoms with Gasteiger partial charge in [-0.05, 0) is 49.4 Å². The van der Waals surface area contributed by atoms with Gasteiger partial charge in [-0.3, -0.25) is 4.79 Å². The molecule has 0 bridgehead atoms. The van der Waals surface area contributed by atoms with Gasteiger partial charge in [-0.25, -0.2) is 17.9 Å². The highest BCUT2D eigenvalue weighted by molar-refractivity contribution is 7.89. The molecule has 0 spiro atoms. The van der Waals surface area contributed by atoms with Gasteiger partial charge < -0.3 is 4.74 Å². The van der Waals surface area contributed by atoms with Crippen LogP contribution in [0.2, 0.25) is 0 Å². The van der Waals surface area contributed by atoms with E-state index in [0.29, 0.717) is 18.4 Å². The molecule has 28 heavy (non-hydrogen) atoms. The number of ether oxygens (including phenoxy) is 1. The molecule has 1 fully saturated rings. The molecule has 0 amide bonds. The number of hydrogen-bond donors (Lipinski definition) is 1. The van der Waals surface area contributed by atoms with Crippen molar-refractivity contribution in [3.05, 3.63) is 65.2 Å². The Hall–Kier alpha value is -2.51. The fraction of sp³-hybridized carbons (Fsp3) is 0.333. The SMILES string of the molecule is Cc1ccc(C(=O)O[C@@H]2CCCCC2=O)cc1S(=O)(=O)NCc1ccccc1. The molecular weight excluding hydrogens is 378 g/mol. The van der Waals surface area contributed by atoms with E-state index in [1.54, 1.807) is 13.0 Å². The summed E-state index contributed by atoms with van der Waals surface area (Å²) in [4.78, 5) is 24.3. The van der Waals surface area contributed by atoms with Crippen LogP contribution in [0.5, 0.6) is 0 Å². The molecule has 0 radical (unpaired) electrons. The van der Waals surface area contributed by atoms with Crippen molar-refractivity contribution in [2.75, 3.05) is 0 Å². The molecule has 0 saturated heterocycles. The summed E-state index contributed by atoms with van der Waals surface area (Å²) in [6, 6.07) is 13.6. The number of ketones is 1. The van der Waals surface area contributed by atoms with Gasteiger partial charge in [0.15, 0.2) is 11.9 Å². The molecule has 1 saturated carbocycles. The molecule has 1 N–H and O–H groups in total. The van der Waals surface area contributed by atoms with E-state index in [4.69, 9.17) is 4.74 Å². The zero-order chi connectivity index (χ0) is 20.1. The minimum Gasteiger partial charge on any atom is -0.451 e. The maximum Gasteiger partial charge on any atom is 0.338 e. The first-order chi connectivity index (χ1) is 13.4. The quantitative estimate of drug-likeness (QED) is 0.751. The summed E-state index contributed by atoms with van der Waals surface area (Å²) in [5.41, 5.74) is 1.46. The molecule has 2 aromatic rings. The zero-order valence-electron chi connectivity index (χ0n) is 15.7. The van der Waals surface area contributed by atoms with Crippen LogP contribution < -0.4 is 4.72 Å². The number of nitrogens with one attached hydrogen (secondary N) is 1. The van der Waals surface area contributed by atoms with E-state index in [-0.39, 0.29) is 22.8 Å². The number of sulfonamides is 1. The van der Waals surface area contributed by atoms with Crippen molar-refractivity contribution >= 4 is 21.8 Å². The van der Waals surface area contributed by atoms with Crippen molar-refractivity contribution in [3.8, 4) is 0 Å². The maximum atomic E-state index is 12.7. The van der Waals surface area contributed by atoms with Crippen molar-refractivity contribution < 1.29 is 22.7 Å². The first-order valence-electron chi connectivity index (χ1n) is 9.25. The molecular formula is C21H23NO5S. The maximum absolute atomic E-state index is 12.7. The number of hydrogen-bond acceptors (Lipinski definition) is 5. The van der Waals surface area contributed by atoms with E-state index < -0.39 is 22.1 Å². The summed E-state index contributed by atoms with van der Waals surface area (Å²) >= 11 is 0. The third-order valence-corrected chi connectivity index (χ3v) is 6.31. The molecule has 148 valence electrons. The number of aryl methyl sites for hydroxylation is 1.